The van der Waals surface area contributed by atoms with Gasteiger partial charge in [0.25, 0.3) is 0 Å². The zero-order valence-corrected chi connectivity index (χ0v) is 16.6. The highest BCUT2D eigenvalue weighted by atomic mass is 32.1. The molecule has 4 rings (SSSR count). The van der Waals surface area contributed by atoms with Gasteiger partial charge in [-0.05, 0) is 36.8 Å². The molecule has 2 heterocycles. The van der Waals surface area contributed by atoms with Gasteiger partial charge >= 0.3 is 0 Å². The molecule has 1 atom stereocenters. The number of hydrogen-bond donors (Lipinski definition) is 1. The maximum atomic E-state index is 13.0. The molecule has 0 radical (unpaired) electrons. The number of nitrogens with two attached hydrogens (primary N) is 1. The van der Waals surface area contributed by atoms with Crippen LogP contribution in [0, 0.1) is 18.3 Å². The predicted octanol–water partition coefficient (Wildman–Crippen LogP) is 3.79. The summed E-state index contributed by atoms with van der Waals surface area (Å²) in [6, 6.07) is 10.5. The summed E-state index contributed by atoms with van der Waals surface area (Å²) in [7, 11) is 3.77. The molecule has 1 aromatic carbocycles. The first kappa shape index (κ1) is 17.8. The Morgan fingerprint density at radius 3 is 2.70 bits per heavy atom. The van der Waals surface area contributed by atoms with Crippen LogP contribution in [0.15, 0.2) is 46.9 Å². The van der Waals surface area contributed by atoms with Crippen molar-refractivity contribution >= 4 is 27.2 Å². The Labute approximate surface area is 162 Å². The highest BCUT2D eigenvalue weighted by molar-refractivity contribution is 7.19. The number of thiophene rings is 1. The van der Waals surface area contributed by atoms with E-state index in [2.05, 4.69) is 25.1 Å². The number of allylic oxidation sites excluding steroid dienone is 3. The Balaban J connectivity index is 2.02. The Kier molecular flexibility index (Phi) is 4.29. The van der Waals surface area contributed by atoms with E-state index in [1.807, 2.05) is 36.2 Å². The minimum atomic E-state index is -0.369. The van der Waals surface area contributed by atoms with Gasteiger partial charge in [-0.15, -0.1) is 11.3 Å². The summed E-state index contributed by atoms with van der Waals surface area (Å²) in [6.45, 7) is 2.07. The van der Waals surface area contributed by atoms with E-state index in [1.165, 1.54) is 10.1 Å². The first-order valence-corrected chi connectivity index (χ1v) is 9.88. The van der Waals surface area contributed by atoms with Gasteiger partial charge in [0.2, 0.25) is 0 Å². The molecular weight excluding hydrogens is 356 g/mol. The summed E-state index contributed by atoms with van der Waals surface area (Å²) in [4.78, 5) is 14.1. The van der Waals surface area contributed by atoms with E-state index in [9.17, 15) is 10.1 Å². The number of hydrazine groups is 1. The van der Waals surface area contributed by atoms with Gasteiger partial charge in [0.05, 0.1) is 17.6 Å². The van der Waals surface area contributed by atoms with Gasteiger partial charge in [-0.1, -0.05) is 18.2 Å². The van der Waals surface area contributed by atoms with Gasteiger partial charge in [0.1, 0.15) is 5.82 Å². The Hall–Kier alpha value is -2.62. The molecule has 2 aliphatic rings. The smallest absolute Gasteiger partial charge is 0.161 e. The summed E-state index contributed by atoms with van der Waals surface area (Å²) in [5, 5.41) is 14.8. The number of ketones is 1. The van der Waals surface area contributed by atoms with Crippen molar-refractivity contribution in [3.63, 3.8) is 0 Å². The number of rotatable bonds is 2. The van der Waals surface area contributed by atoms with Crippen LogP contribution in [0.3, 0.4) is 0 Å². The fourth-order valence-electron chi connectivity index (χ4n) is 4.26. The van der Waals surface area contributed by atoms with Crippen molar-refractivity contribution in [2.45, 2.75) is 32.1 Å². The number of benzene rings is 1. The van der Waals surface area contributed by atoms with Gasteiger partial charge in [-0.25, -0.2) is 5.01 Å². The summed E-state index contributed by atoms with van der Waals surface area (Å²) in [5.74, 6) is 0.189. The quantitative estimate of drug-likeness (QED) is 0.861. The van der Waals surface area contributed by atoms with Crippen LogP contribution in [-0.4, -0.2) is 29.9 Å². The Morgan fingerprint density at radius 2 is 2.04 bits per heavy atom. The highest BCUT2D eigenvalue weighted by Crippen LogP contribution is 2.49. The molecule has 1 aliphatic heterocycles. The molecule has 5 nitrogen and oxygen atoms in total. The molecular formula is C21H22N4OS. The predicted molar refractivity (Wildman–Crippen MR) is 108 cm³/mol. The minimum absolute atomic E-state index is 0.130. The molecule has 0 saturated heterocycles. The number of fused-ring (bicyclic) bond motifs is 1. The van der Waals surface area contributed by atoms with Crippen molar-refractivity contribution in [1.29, 1.82) is 5.26 Å². The van der Waals surface area contributed by atoms with E-state index < -0.39 is 0 Å². The van der Waals surface area contributed by atoms with Gasteiger partial charge < -0.3 is 5.73 Å². The van der Waals surface area contributed by atoms with E-state index in [4.69, 9.17) is 5.73 Å². The zero-order chi connectivity index (χ0) is 19.3. The van der Waals surface area contributed by atoms with Gasteiger partial charge in [0, 0.05) is 41.4 Å². The van der Waals surface area contributed by atoms with Crippen LogP contribution < -0.4 is 5.73 Å². The number of Topliss-reactive ketones (excluding diaryl/α,β-unsaturated/α-hetero) is 1. The molecule has 138 valence electrons. The normalized spacial score (nSPS) is 20.5. The van der Waals surface area contributed by atoms with Crippen molar-refractivity contribution in [2.24, 2.45) is 5.73 Å². The van der Waals surface area contributed by atoms with E-state index >= 15 is 0 Å². The molecule has 1 aromatic heterocycles. The van der Waals surface area contributed by atoms with Gasteiger partial charge in [-0.3, -0.25) is 9.80 Å². The molecule has 0 fully saturated rings. The van der Waals surface area contributed by atoms with Gasteiger partial charge in [0.15, 0.2) is 5.78 Å². The third kappa shape index (κ3) is 2.58. The van der Waals surface area contributed by atoms with Crippen molar-refractivity contribution in [1.82, 2.24) is 10.0 Å². The van der Waals surface area contributed by atoms with Crippen molar-refractivity contribution in [3.8, 4) is 6.07 Å². The molecule has 0 amide bonds. The second kappa shape index (κ2) is 6.52. The van der Waals surface area contributed by atoms with Crippen LogP contribution in [0.1, 0.15) is 35.6 Å². The van der Waals surface area contributed by atoms with Crippen LogP contribution in [0.2, 0.25) is 0 Å². The average Bonchev–Trinajstić information content (AvgIpc) is 2.97. The topological polar surface area (TPSA) is 73.4 Å². The third-order valence-electron chi connectivity index (χ3n) is 5.43. The fourth-order valence-corrected chi connectivity index (χ4v) is 5.59. The Morgan fingerprint density at radius 1 is 1.30 bits per heavy atom. The summed E-state index contributed by atoms with van der Waals surface area (Å²) in [5.41, 5.74) is 9.74. The maximum absolute atomic E-state index is 13.0. The van der Waals surface area contributed by atoms with Crippen LogP contribution in [0.5, 0.6) is 0 Å². The summed E-state index contributed by atoms with van der Waals surface area (Å²) >= 11 is 1.66. The minimum Gasteiger partial charge on any atom is -0.383 e. The lowest BCUT2D eigenvalue weighted by molar-refractivity contribution is -0.116. The first-order valence-electron chi connectivity index (χ1n) is 9.07. The zero-order valence-electron chi connectivity index (χ0n) is 15.7. The summed E-state index contributed by atoms with van der Waals surface area (Å²) in [6.07, 6.45) is 2.13. The second-order valence-electron chi connectivity index (χ2n) is 7.23. The molecule has 2 aromatic rings. The average molecular weight is 379 g/mol. The van der Waals surface area contributed by atoms with E-state index in [0.29, 0.717) is 17.8 Å². The lowest BCUT2D eigenvalue weighted by atomic mass is 9.78. The first-order chi connectivity index (χ1) is 13.0. The van der Waals surface area contributed by atoms with Crippen LogP contribution in [-0.2, 0) is 4.79 Å². The molecule has 6 heteroatoms. The van der Waals surface area contributed by atoms with Crippen LogP contribution in [0.4, 0.5) is 0 Å². The standard InChI is InChI=1S/C21H22N4OS/c1-12-13-7-4-5-10-17(13)27-20(12)18-14(11-22)21(23)25(24(2)3)15-8-6-9-16(26)19(15)18/h4-5,7,10,18H,6,8-9,23H2,1-3H3. The highest BCUT2D eigenvalue weighted by Gasteiger charge is 2.41. The van der Waals surface area contributed by atoms with Crippen LogP contribution in [0.25, 0.3) is 10.1 Å². The maximum Gasteiger partial charge on any atom is 0.161 e. The number of carbonyl (C=O) groups excluding carboxylic acids is 1. The van der Waals surface area contributed by atoms with Crippen molar-refractivity contribution in [2.75, 3.05) is 14.1 Å². The lowest BCUT2D eigenvalue weighted by Gasteiger charge is -2.42. The van der Waals surface area contributed by atoms with Crippen molar-refractivity contribution in [3.05, 3.63) is 57.4 Å². The van der Waals surface area contributed by atoms with E-state index in [0.717, 1.165) is 34.6 Å². The molecule has 1 unspecified atom stereocenters. The third-order valence-corrected chi connectivity index (χ3v) is 6.77. The number of aryl methyl sites for hydroxylation is 1. The fraction of sp³-hybridized carbons (Fsp3) is 0.333. The van der Waals surface area contributed by atoms with E-state index in [1.54, 1.807) is 11.3 Å². The lowest BCUT2D eigenvalue weighted by Crippen LogP contribution is -2.45. The molecule has 0 bridgehead atoms. The molecule has 2 N–H and O–H groups in total. The number of nitriles is 1. The number of nitrogens with zero attached hydrogens (tertiary/aromatic N) is 3. The van der Waals surface area contributed by atoms with Gasteiger partial charge in [-0.2, -0.15) is 5.26 Å². The van der Waals surface area contributed by atoms with E-state index in [-0.39, 0.29) is 11.7 Å². The molecule has 27 heavy (non-hydrogen) atoms. The number of hydrogen-bond acceptors (Lipinski definition) is 6. The molecule has 1 aliphatic carbocycles. The summed E-state index contributed by atoms with van der Waals surface area (Å²) < 4.78 is 1.17. The molecule has 0 saturated carbocycles. The number of carbonyl (C=O) groups is 1. The largest absolute Gasteiger partial charge is 0.383 e. The second-order valence-corrected chi connectivity index (χ2v) is 8.31. The Bertz CT molecular complexity index is 1050. The SMILES string of the molecule is Cc1c(C2C(C#N)=C(N)N(N(C)C)C3=C2C(=O)CCC3)sc2ccccc12. The van der Waals surface area contributed by atoms with Crippen molar-refractivity contribution < 1.29 is 4.79 Å². The van der Waals surface area contributed by atoms with Crippen LogP contribution >= 0.6 is 11.3 Å². The monoisotopic (exact) mass is 378 g/mol. The molecule has 0 spiro atoms.